The number of carbonyl (C=O) groups excluding carboxylic acids is 1. The third kappa shape index (κ3) is 3.20. The molecule has 30 heavy (non-hydrogen) atoms. The number of aromatic amines is 1. The van der Waals surface area contributed by atoms with Gasteiger partial charge in [0.2, 0.25) is 0 Å². The molecule has 1 heterocycles. The molecule has 2 aromatic rings. The maximum atomic E-state index is 13.6. The van der Waals surface area contributed by atoms with Crippen molar-refractivity contribution >= 4 is 17.5 Å². The van der Waals surface area contributed by atoms with E-state index >= 15 is 0 Å². The minimum atomic E-state index is -0.658. The Kier molecular flexibility index (Phi) is 4.61. The molecule has 4 saturated carbocycles. The topological polar surface area (TPSA) is 88.1 Å². The molecule has 4 fully saturated rings. The smallest absolute Gasteiger partial charge is 0.336 e. The Bertz CT molecular complexity index is 1110. The van der Waals surface area contributed by atoms with Crippen molar-refractivity contribution in [3.05, 3.63) is 55.8 Å². The first-order chi connectivity index (χ1) is 14.3. The summed E-state index contributed by atoms with van der Waals surface area (Å²) in [5.41, 5.74) is -0.587. The number of amides is 1. The van der Waals surface area contributed by atoms with Gasteiger partial charge in [-0.05, 0) is 68.1 Å². The average molecular weight is 429 g/mol. The molecular formula is C22H25ClN4O3. The van der Waals surface area contributed by atoms with Crippen molar-refractivity contribution < 1.29 is 4.79 Å². The van der Waals surface area contributed by atoms with Crippen LogP contribution >= 0.6 is 11.6 Å². The lowest BCUT2D eigenvalue weighted by Crippen LogP contribution is -2.56. The van der Waals surface area contributed by atoms with Crippen molar-refractivity contribution in [1.29, 1.82) is 0 Å². The molecule has 4 aliphatic rings. The molecule has 8 heteroatoms. The molecule has 1 amide bonds. The Morgan fingerprint density at radius 3 is 2.50 bits per heavy atom. The molecule has 7 nitrogen and oxygen atoms in total. The molecule has 0 aliphatic heterocycles. The van der Waals surface area contributed by atoms with Crippen LogP contribution in [0.5, 0.6) is 0 Å². The largest absolute Gasteiger partial charge is 0.349 e. The van der Waals surface area contributed by atoms with Gasteiger partial charge in [0.1, 0.15) is 6.20 Å². The first-order valence-corrected chi connectivity index (χ1v) is 11.0. The summed E-state index contributed by atoms with van der Waals surface area (Å²) in [6.45, 7) is 0. The van der Waals surface area contributed by atoms with E-state index in [0.29, 0.717) is 34.0 Å². The SMILES string of the molecule is CN(C(=O)c1cc(-n2ncc(=O)[nH]c2=O)ccc1Cl)C12CC3CCC(CC(C3)C1)C2. The molecule has 2 atom stereocenters. The highest BCUT2D eigenvalue weighted by Gasteiger charge is 2.51. The quantitative estimate of drug-likeness (QED) is 0.813. The Morgan fingerprint density at radius 2 is 1.83 bits per heavy atom. The number of hydrogen-bond donors (Lipinski definition) is 1. The highest BCUT2D eigenvalue weighted by molar-refractivity contribution is 6.33. The van der Waals surface area contributed by atoms with Gasteiger partial charge in [-0.1, -0.05) is 24.4 Å². The zero-order valence-corrected chi connectivity index (χ0v) is 17.7. The van der Waals surface area contributed by atoms with E-state index in [2.05, 4.69) is 10.1 Å². The molecule has 0 radical (unpaired) electrons. The molecule has 0 spiro atoms. The Morgan fingerprint density at radius 1 is 1.17 bits per heavy atom. The van der Waals surface area contributed by atoms with Crippen molar-refractivity contribution in [2.75, 3.05) is 7.05 Å². The molecule has 2 unspecified atom stereocenters. The van der Waals surface area contributed by atoms with E-state index in [1.165, 1.54) is 25.7 Å². The van der Waals surface area contributed by atoms with Crippen molar-refractivity contribution in [3.8, 4) is 5.69 Å². The van der Waals surface area contributed by atoms with Gasteiger partial charge in [0.15, 0.2) is 0 Å². The number of fused-ring (bicyclic) bond motifs is 1. The van der Waals surface area contributed by atoms with Gasteiger partial charge in [-0.25, -0.2) is 4.79 Å². The molecule has 158 valence electrons. The van der Waals surface area contributed by atoms with Crippen LogP contribution in [0.15, 0.2) is 34.0 Å². The zero-order valence-electron chi connectivity index (χ0n) is 16.9. The summed E-state index contributed by atoms with van der Waals surface area (Å²) in [6.07, 6.45) is 9.41. The number of carbonyl (C=O) groups is 1. The first kappa shape index (κ1) is 19.5. The van der Waals surface area contributed by atoms with Gasteiger partial charge >= 0.3 is 5.69 Å². The summed E-state index contributed by atoms with van der Waals surface area (Å²) in [4.78, 5) is 41.1. The van der Waals surface area contributed by atoms with Crippen molar-refractivity contribution in [2.45, 2.75) is 50.5 Å². The number of nitrogens with zero attached hydrogens (tertiary/aromatic N) is 3. The third-order valence-electron chi connectivity index (χ3n) is 7.48. The number of nitrogens with one attached hydrogen (secondary N) is 1. The molecule has 1 N–H and O–H groups in total. The van der Waals surface area contributed by atoms with Crippen LogP contribution in [0.1, 0.15) is 55.3 Å². The monoisotopic (exact) mass is 428 g/mol. The lowest BCUT2D eigenvalue weighted by molar-refractivity contribution is -0.00687. The third-order valence-corrected chi connectivity index (χ3v) is 7.81. The second kappa shape index (κ2) is 7.08. The van der Waals surface area contributed by atoms with Crippen molar-refractivity contribution in [3.63, 3.8) is 0 Å². The number of hydrogen-bond acceptors (Lipinski definition) is 4. The Balaban J connectivity index is 1.50. The van der Waals surface area contributed by atoms with Crippen LogP contribution in [0, 0.1) is 17.8 Å². The van der Waals surface area contributed by atoms with Gasteiger partial charge in [-0.15, -0.1) is 0 Å². The van der Waals surface area contributed by atoms with Crippen LogP contribution in [-0.4, -0.2) is 38.2 Å². The van der Waals surface area contributed by atoms with E-state index in [1.54, 1.807) is 18.2 Å². The van der Waals surface area contributed by atoms with E-state index in [-0.39, 0.29) is 11.4 Å². The lowest BCUT2D eigenvalue weighted by Gasteiger charge is -2.53. The predicted octanol–water partition coefficient (Wildman–Crippen LogP) is 3.01. The summed E-state index contributed by atoms with van der Waals surface area (Å²) >= 11 is 6.41. The predicted molar refractivity (Wildman–Crippen MR) is 113 cm³/mol. The minimum absolute atomic E-state index is 0.101. The maximum absolute atomic E-state index is 13.6. The molecule has 4 aliphatic carbocycles. The van der Waals surface area contributed by atoms with Gasteiger partial charge in [0.05, 0.1) is 16.3 Å². The number of benzene rings is 1. The van der Waals surface area contributed by atoms with Crippen LogP contribution in [0.25, 0.3) is 5.69 Å². The minimum Gasteiger partial charge on any atom is -0.336 e. The summed E-state index contributed by atoms with van der Waals surface area (Å²) in [5, 5.41) is 4.23. The van der Waals surface area contributed by atoms with Crippen LogP contribution in [0.3, 0.4) is 0 Å². The fraction of sp³-hybridized carbons (Fsp3) is 0.545. The Labute approximate surface area is 179 Å². The van der Waals surface area contributed by atoms with Crippen LogP contribution in [0.4, 0.5) is 0 Å². The van der Waals surface area contributed by atoms with Gasteiger partial charge in [0.25, 0.3) is 11.5 Å². The van der Waals surface area contributed by atoms with Crippen molar-refractivity contribution in [2.24, 2.45) is 17.8 Å². The Hall–Kier alpha value is -2.41. The zero-order chi connectivity index (χ0) is 21.0. The van der Waals surface area contributed by atoms with Crippen LogP contribution < -0.4 is 11.2 Å². The lowest BCUT2D eigenvalue weighted by atomic mass is 9.62. The standard InChI is InChI=1S/C22H25ClN4O3/c1-26(22-9-13-2-3-14(10-22)7-15(6-13)11-22)20(29)17-8-16(4-5-18(17)23)27-21(30)25-19(28)12-24-27/h4-5,8,12-15H,2-3,6-7,9-11H2,1H3,(H,25,28,30). The van der Waals surface area contributed by atoms with Gasteiger partial charge < -0.3 is 4.90 Å². The molecular weight excluding hydrogens is 404 g/mol. The van der Waals surface area contributed by atoms with Gasteiger partial charge in [0, 0.05) is 12.6 Å². The molecule has 4 bridgehead atoms. The number of halogens is 1. The van der Waals surface area contributed by atoms with E-state index in [4.69, 9.17) is 11.6 Å². The van der Waals surface area contributed by atoms with Gasteiger partial charge in [-0.2, -0.15) is 9.78 Å². The second-order valence-electron chi connectivity index (χ2n) is 9.36. The van der Waals surface area contributed by atoms with Crippen molar-refractivity contribution in [1.82, 2.24) is 19.7 Å². The van der Waals surface area contributed by atoms with E-state index in [0.717, 1.165) is 30.1 Å². The van der Waals surface area contributed by atoms with Gasteiger partial charge in [-0.3, -0.25) is 14.6 Å². The summed E-state index contributed by atoms with van der Waals surface area (Å²) in [7, 11) is 1.91. The van der Waals surface area contributed by atoms with E-state index in [1.807, 2.05) is 11.9 Å². The second-order valence-corrected chi connectivity index (χ2v) is 9.77. The normalized spacial score (nSPS) is 29.6. The first-order valence-electron chi connectivity index (χ1n) is 10.6. The average Bonchev–Trinajstić information content (AvgIpc) is 2.93. The number of aromatic nitrogens is 3. The van der Waals surface area contributed by atoms with E-state index in [9.17, 15) is 14.4 Å². The highest BCUT2D eigenvalue weighted by Crippen LogP contribution is 2.55. The summed E-state index contributed by atoms with van der Waals surface area (Å²) < 4.78 is 1.06. The van der Waals surface area contributed by atoms with E-state index < -0.39 is 11.2 Å². The number of H-pyrrole nitrogens is 1. The summed E-state index contributed by atoms with van der Waals surface area (Å²) in [5.74, 6) is 2.00. The molecule has 0 saturated heterocycles. The van der Waals surface area contributed by atoms with Crippen LogP contribution in [-0.2, 0) is 0 Å². The maximum Gasteiger partial charge on any atom is 0.349 e. The summed E-state index contributed by atoms with van der Waals surface area (Å²) in [6, 6.07) is 4.80. The molecule has 6 rings (SSSR count). The fourth-order valence-electron chi connectivity index (χ4n) is 6.30. The fourth-order valence-corrected chi connectivity index (χ4v) is 6.50. The van der Waals surface area contributed by atoms with Crippen LogP contribution in [0.2, 0.25) is 5.02 Å². The number of rotatable bonds is 3. The molecule has 1 aromatic heterocycles. The molecule has 1 aromatic carbocycles. The highest BCUT2D eigenvalue weighted by atomic mass is 35.5.